The number of hydrogen-bond donors (Lipinski definition) is 1. The predicted molar refractivity (Wildman–Crippen MR) is 124 cm³/mol. The van der Waals surface area contributed by atoms with Crippen LogP contribution in [-0.4, -0.2) is 21.3 Å². The lowest BCUT2D eigenvalue weighted by Gasteiger charge is -2.34. The molecule has 0 aliphatic heterocycles. The lowest BCUT2D eigenvalue weighted by atomic mass is 9.70. The molecule has 2 aromatic heterocycles. The molecule has 31 heavy (non-hydrogen) atoms. The molecule has 0 saturated heterocycles. The van der Waals surface area contributed by atoms with Crippen molar-refractivity contribution in [3.8, 4) is 11.4 Å². The number of pyridine rings is 1. The first-order chi connectivity index (χ1) is 15.0. The van der Waals surface area contributed by atoms with Gasteiger partial charge in [0.05, 0.1) is 17.1 Å². The number of imidazole rings is 1. The quantitative estimate of drug-likeness (QED) is 0.461. The fourth-order valence-corrected chi connectivity index (χ4v) is 4.40. The van der Waals surface area contributed by atoms with Gasteiger partial charge in [0.2, 0.25) is 5.91 Å². The van der Waals surface area contributed by atoms with E-state index < -0.39 is 5.41 Å². The number of hydrogen-bond acceptors (Lipinski definition) is 2. The fraction of sp³-hybridized carbons (Fsp3) is 0.259. The third kappa shape index (κ3) is 3.74. The van der Waals surface area contributed by atoms with Crippen LogP contribution in [0.4, 0.5) is 0 Å². The van der Waals surface area contributed by atoms with Crippen molar-refractivity contribution in [1.82, 2.24) is 14.7 Å². The van der Waals surface area contributed by atoms with Crippen molar-refractivity contribution in [2.75, 3.05) is 0 Å². The molecule has 1 aliphatic carbocycles. The van der Waals surface area contributed by atoms with Crippen LogP contribution < -0.4 is 5.32 Å². The first kappa shape index (κ1) is 19.6. The van der Waals surface area contributed by atoms with Crippen LogP contribution in [0.15, 0.2) is 85.2 Å². The second kappa shape index (κ2) is 7.69. The molecule has 156 valence electrons. The van der Waals surface area contributed by atoms with Crippen LogP contribution in [0.2, 0.25) is 0 Å². The Morgan fingerprint density at radius 1 is 1.00 bits per heavy atom. The van der Waals surface area contributed by atoms with E-state index >= 15 is 0 Å². The zero-order valence-electron chi connectivity index (χ0n) is 18.0. The molecule has 0 radical (unpaired) electrons. The van der Waals surface area contributed by atoms with E-state index in [9.17, 15) is 4.79 Å². The molecular weight excluding hydrogens is 382 g/mol. The van der Waals surface area contributed by atoms with E-state index in [1.807, 2.05) is 42.6 Å². The minimum absolute atomic E-state index is 0.0625. The van der Waals surface area contributed by atoms with Crippen LogP contribution in [-0.2, 0) is 4.79 Å². The number of amides is 1. The number of nitrogens with zero attached hydrogens (tertiary/aromatic N) is 2. The van der Waals surface area contributed by atoms with E-state index in [0.717, 1.165) is 40.9 Å². The molecule has 5 rings (SSSR count). The van der Waals surface area contributed by atoms with E-state index in [0.29, 0.717) is 6.04 Å². The van der Waals surface area contributed by atoms with Gasteiger partial charge in [-0.15, -0.1) is 0 Å². The van der Waals surface area contributed by atoms with Crippen LogP contribution in [0.25, 0.3) is 16.9 Å². The third-order valence-electron chi connectivity index (χ3n) is 6.27. The smallest absolute Gasteiger partial charge is 0.226 e. The van der Waals surface area contributed by atoms with E-state index in [1.54, 1.807) is 0 Å². The lowest BCUT2D eigenvalue weighted by Crippen LogP contribution is -2.42. The van der Waals surface area contributed by atoms with Gasteiger partial charge in [-0.05, 0) is 36.1 Å². The van der Waals surface area contributed by atoms with Gasteiger partial charge in [-0.25, -0.2) is 4.98 Å². The number of benzene rings is 2. The van der Waals surface area contributed by atoms with Crippen molar-refractivity contribution in [1.29, 1.82) is 0 Å². The molecule has 0 bridgehead atoms. The van der Waals surface area contributed by atoms with Crippen LogP contribution >= 0.6 is 0 Å². The van der Waals surface area contributed by atoms with Crippen molar-refractivity contribution in [2.45, 2.75) is 38.6 Å². The minimum atomic E-state index is -0.593. The maximum atomic E-state index is 13.2. The first-order valence-electron chi connectivity index (χ1n) is 10.9. The highest BCUT2D eigenvalue weighted by Crippen LogP contribution is 2.42. The normalized spacial score (nSPS) is 15.0. The van der Waals surface area contributed by atoms with Crippen molar-refractivity contribution in [2.24, 2.45) is 5.41 Å². The summed E-state index contributed by atoms with van der Waals surface area (Å²) in [6.45, 7) is 4.11. The molecule has 1 atom stereocenters. The van der Waals surface area contributed by atoms with Crippen LogP contribution in [0.3, 0.4) is 0 Å². The number of rotatable bonds is 6. The molecular formula is C27H27N3O. The summed E-state index contributed by atoms with van der Waals surface area (Å²) in [5, 5.41) is 3.22. The third-order valence-corrected chi connectivity index (χ3v) is 6.27. The molecule has 2 heterocycles. The van der Waals surface area contributed by atoms with Crippen molar-refractivity contribution in [3.63, 3.8) is 0 Å². The van der Waals surface area contributed by atoms with Gasteiger partial charge < -0.3 is 5.32 Å². The fourth-order valence-electron chi connectivity index (χ4n) is 4.40. The molecule has 1 fully saturated rings. The van der Waals surface area contributed by atoms with Gasteiger partial charge in [-0.3, -0.25) is 9.20 Å². The average molecular weight is 410 g/mol. The van der Waals surface area contributed by atoms with Crippen molar-refractivity contribution < 1.29 is 4.79 Å². The highest BCUT2D eigenvalue weighted by Gasteiger charge is 2.40. The van der Waals surface area contributed by atoms with E-state index in [1.165, 1.54) is 0 Å². The topological polar surface area (TPSA) is 46.4 Å². The molecule has 4 heteroatoms. The number of carbonyl (C=O) groups excluding carboxylic acids is 1. The molecule has 2 aromatic carbocycles. The summed E-state index contributed by atoms with van der Waals surface area (Å²) in [6, 6.07) is 25.2. The monoisotopic (exact) mass is 409 g/mol. The number of aromatic nitrogens is 2. The Kier molecular flexibility index (Phi) is 4.85. The van der Waals surface area contributed by atoms with Gasteiger partial charge in [-0.2, -0.15) is 0 Å². The predicted octanol–water partition coefficient (Wildman–Crippen LogP) is 5.44. The molecule has 0 spiro atoms. The Bertz CT molecular complexity index is 1210. The lowest BCUT2D eigenvalue weighted by molar-refractivity contribution is -0.130. The summed E-state index contributed by atoms with van der Waals surface area (Å²) >= 11 is 0. The van der Waals surface area contributed by atoms with Gasteiger partial charge in [0.25, 0.3) is 0 Å². The number of nitrogens with one attached hydrogen (secondary N) is 1. The van der Waals surface area contributed by atoms with Crippen LogP contribution in [0, 0.1) is 5.41 Å². The summed E-state index contributed by atoms with van der Waals surface area (Å²) in [5.41, 5.74) is 3.78. The summed E-state index contributed by atoms with van der Waals surface area (Å²) in [7, 11) is 0. The second-order valence-electron chi connectivity index (χ2n) is 9.02. The van der Waals surface area contributed by atoms with E-state index in [-0.39, 0.29) is 11.8 Å². The largest absolute Gasteiger partial charge is 0.353 e. The second-order valence-corrected chi connectivity index (χ2v) is 9.02. The summed E-state index contributed by atoms with van der Waals surface area (Å²) < 4.78 is 2.11. The van der Waals surface area contributed by atoms with E-state index in [2.05, 4.69) is 71.1 Å². The summed E-state index contributed by atoms with van der Waals surface area (Å²) in [5.74, 6) is 0.971. The number of carbonyl (C=O) groups is 1. The van der Waals surface area contributed by atoms with Gasteiger partial charge in [-0.1, -0.05) is 74.5 Å². The van der Waals surface area contributed by atoms with Crippen molar-refractivity contribution >= 4 is 11.4 Å². The van der Waals surface area contributed by atoms with Crippen LogP contribution in [0.5, 0.6) is 0 Å². The summed E-state index contributed by atoms with van der Waals surface area (Å²) in [4.78, 5) is 17.9. The maximum absolute atomic E-state index is 13.2. The van der Waals surface area contributed by atoms with Gasteiger partial charge >= 0.3 is 0 Å². The van der Waals surface area contributed by atoms with Crippen LogP contribution in [0.1, 0.15) is 43.7 Å². The first-order valence-corrected chi connectivity index (χ1v) is 10.9. The molecule has 4 aromatic rings. The Labute approximate surface area is 183 Å². The van der Waals surface area contributed by atoms with Gasteiger partial charge in [0.1, 0.15) is 5.82 Å². The molecule has 1 aliphatic rings. The molecule has 1 saturated carbocycles. The summed E-state index contributed by atoms with van der Waals surface area (Å²) in [6.07, 6.45) is 6.15. The zero-order chi connectivity index (χ0) is 21.4. The Morgan fingerprint density at radius 3 is 2.35 bits per heavy atom. The van der Waals surface area contributed by atoms with Gasteiger partial charge in [0, 0.05) is 23.7 Å². The molecule has 1 amide bonds. The standard InChI is InChI=1S/C27H27N3O/c1-27(2,26(31)29-22-13-14-22)24(19-9-5-3-6-10-19)21-15-16-30-23(17-21)18-28-25(30)20-11-7-4-8-12-20/h3-12,15-18,22,24H,13-14H2,1-2H3,(H,29,31). The molecule has 1 unspecified atom stereocenters. The molecule has 1 N–H and O–H groups in total. The Balaban J connectivity index is 1.58. The average Bonchev–Trinajstić information content (AvgIpc) is 3.50. The maximum Gasteiger partial charge on any atom is 0.226 e. The highest BCUT2D eigenvalue weighted by atomic mass is 16.2. The van der Waals surface area contributed by atoms with E-state index in [4.69, 9.17) is 0 Å². The van der Waals surface area contributed by atoms with Gasteiger partial charge in [0.15, 0.2) is 0 Å². The Hall–Kier alpha value is -3.40. The minimum Gasteiger partial charge on any atom is -0.353 e. The zero-order valence-corrected chi connectivity index (χ0v) is 18.0. The number of fused-ring (bicyclic) bond motifs is 1. The highest BCUT2D eigenvalue weighted by molar-refractivity contribution is 5.84. The molecule has 4 nitrogen and oxygen atoms in total. The van der Waals surface area contributed by atoms with Crippen molar-refractivity contribution in [3.05, 3.63) is 96.3 Å². The Morgan fingerprint density at radius 2 is 1.68 bits per heavy atom. The SMILES string of the molecule is CC(C)(C(=O)NC1CC1)C(c1ccccc1)c1ccn2c(-c3ccccc3)ncc2c1.